The summed E-state index contributed by atoms with van der Waals surface area (Å²) in [7, 11) is 0. The maximum atomic E-state index is 11.1. The number of nitrogens with zero attached hydrogens (tertiary/aromatic N) is 2. The van der Waals surface area contributed by atoms with Crippen LogP contribution in [0, 0.1) is 5.92 Å². The summed E-state index contributed by atoms with van der Waals surface area (Å²) in [4.78, 5) is 19.5. The molecule has 0 saturated carbocycles. The van der Waals surface area contributed by atoms with Crippen LogP contribution in [0.5, 0.6) is 0 Å². The van der Waals surface area contributed by atoms with Crippen LogP contribution < -0.4 is 5.32 Å². The second kappa shape index (κ2) is 7.06. The van der Waals surface area contributed by atoms with E-state index >= 15 is 0 Å². The van der Waals surface area contributed by atoms with Crippen LogP contribution in [0.2, 0.25) is 0 Å². The van der Waals surface area contributed by atoms with Crippen LogP contribution in [0.15, 0.2) is 12.4 Å². The first-order valence-electron chi connectivity index (χ1n) is 6.34. The molecule has 0 aromatic carbocycles. The van der Waals surface area contributed by atoms with Gasteiger partial charge in [0.2, 0.25) is 0 Å². The second-order valence-corrected chi connectivity index (χ2v) is 4.44. The van der Waals surface area contributed by atoms with Crippen molar-refractivity contribution in [3.05, 3.63) is 23.8 Å². The average molecular weight is 251 g/mol. The van der Waals surface area contributed by atoms with Gasteiger partial charge in [-0.05, 0) is 5.92 Å². The van der Waals surface area contributed by atoms with Crippen LogP contribution in [-0.4, -0.2) is 27.1 Å². The first-order chi connectivity index (χ1) is 8.58. The number of rotatable bonds is 7. The first-order valence-corrected chi connectivity index (χ1v) is 6.34. The van der Waals surface area contributed by atoms with Crippen LogP contribution in [0.25, 0.3) is 0 Å². The van der Waals surface area contributed by atoms with Gasteiger partial charge in [-0.25, -0.2) is 9.97 Å². The zero-order valence-electron chi connectivity index (χ0n) is 11.2. The lowest BCUT2D eigenvalue weighted by atomic mass is 9.99. The number of aromatic nitrogens is 2. The molecule has 0 spiro atoms. The van der Waals surface area contributed by atoms with E-state index < -0.39 is 12.0 Å². The van der Waals surface area contributed by atoms with Crippen LogP contribution >= 0.6 is 0 Å². The van der Waals surface area contributed by atoms with Crippen molar-refractivity contribution in [3.8, 4) is 0 Å². The summed E-state index contributed by atoms with van der Waals surface area (Å²) in [6, 6.07) is -0.527. The van der Waals surface area contributed by atoms with E-state index in [1.807, 2.05) is 20.8 Å². The highest BCUT2D eigenvalue weighted by molar-refractivity contribution is 5.73. The van der Waals surface area contributed by atoms with Crippen molar-refractivity contribution in [1.29, 1.82) is 0 Å². The zero-order chi connectivity index (χ0) is 13.5. The van der Waals surface area contributed by atoms with Gasteiger partial charge in [0.1, 0.15) is 11.9 Å². The fraction of sp³-hybridized carbons (Fsp3) is 0.615. The summed E-state index contributed by atoms with van der Waals surface area (Å²) >= 11 is 0. The SMILES string of the molecule is CCc1ncc(CN[C@@H](C(=O)O)[C@@H](C)CC)cn1. The number of aryl methyl sites for hydroxylation is 1. The van der Waals surface area contributed by atoms with Crippen molar-refractivity contribution in [1.82, 2.24) is 15.3 Å². The van der Waals surface area contributed by atoms with E-state index in [0.29, 0.717) is 6.54 Å². The minimum atomic E-state index is -0.810. The average Bonchev–Trinajstić information content (AvgIpc) is 2.39. The topological polar surface area (TPSA) is 75.1 Å². The van der Waals surface area contributed by atoms with Crippen molar-refractivity contribution >= 4 is 5.97 Å². The molecule has 1 aromatic heterocycles. The smallest absolute Gasteiger partial charge is 0.320 e. The summed E-state index contributed by atoms with van der Waals surface area (Å²) in [6.45, 7) is 6.39. The van der Waals surface area contributed by atoms with Crippen LogP contribution in [0.1, 0.15) is 38.6 Å². The van der Waals surface area contributed by atoms with Crippen molar-refractivity contribution < 1.29 is 9.90 Å². The molecule has 0 aliphatic rings. The molecule has 2 N–H and O–H groups in total. The fourth-order valence-corrected chi connectivity index (χ4v) is 1.65. The number of carbonyl (C=O) groups is 1. The van der Waals surface area contributed by atoms with Gasteiger partial charge in [-0.3, -0.25) is 10.1 Å². The minimum Gasteiger partial charge on any atom is -0.480 e. The highest BCUT2D eigenvalue weighted by Crippen LogP contribution is 2.09. The summed E-state index contributed by atoms with van der Waals surface area (Å²) in [6.07, 6.45) is 5.12. The number of hydrogen-bond acceptors (Lipinski definition) is 4. The van der Waals surface area contributed by atoms with Gasteiger partial charge in [0, 0.05) is 30.9 Å². The molecule has 0 fully saturated rings. The standard InChI is InChI=1S/C13H21N3O2/c1-4-9(3)12(13(17)18)16-8-10-6-14-11(5-2)15-7-10/h6-7,9,12,16H,4-5,8H2,1-3H3,(H,17,18)/t9-,12+/m0/s1. The van der Waals surface area contributed by atoms with Gasteiger partial charge in [-0.1, -0.05) is 27.2 Å². The fourth-order valence-electron chi connectivity index (χ4n) is 1.65. The highest BCUT2D eigenvalue weighted by atomic mass is 16.4. The van der Waals surface area contributed by atoms with Gasteiger partial charge in [-0.15, -0.1) is 0 Å². The molecule has 0 amide bonds. The second-order valence-electron chi connectivity index (χ2n) is 4.44. The Labute approximate surface area is 108 Å². The van der Waals surface area contributed by atoms with Crippen molar-refractivity contribution in [3.63, 3.8) is 0 Å². The number of carboxylic acid groups (broad SMARTS) is 1. The molecule has 0 aliphatic heterocycles. The van der Waals surface area contributed by atoms with Crippen LogP contribution in [0.4, 0.5) is 0 Å². The van der Waals surface area contributed by atoms with Gasteiger partial charge in [0.05, 0.1) is 0 Å². The molecule has 1 aromatic rings. The van der Waals surface area contributed by atoms with E-state index in [1.54, 1.807) is 12.4 Å². The third-order valence-electron chi connectivity index (χ3n) is 3.08. The quantitative estimate of drug-likeness (QED) is 0.770. The number of aliphatic carboxylic acids is 1. The molecule has 100 valence electrons. The van der Waals surface area contributed by atoms with E-state index in [9.17, 15) is 4.79 Å². The van der Waals surface area contributed by atoms with Gasteiger partial charge in [0.25, 0.3) is 0 Å². The Balaban J connectivity index is 2.58. The normalized spacial score (nSPS) is 14.2. The van der Waals surface area contributed by atoms with Crippen molar-refractivity contribution in [2.24, 2.45) is 5.92 Å². The summed E-state index contributed by atoms with van der Waals surface area (Å²) in [5.41, 5.74) is 0.904. The molecule has 1 rings (SSSR count). The van der Waals surface area contributed by atoms with Gasteiger partial charge in [-0.2, -0.15) is 0 Å². The molecule has 0 radical (unpaired) electrons. The Kier molecular flexibility index (Phi) is 5.71. The highest BCUT2D eigenvalue weighted by Gasteiger charge is 2.22. The van der Waals surface area contributed by atoms with E-state index in [-0.39, 0.29) is 5.92 Å². The Hall–Kier alpha value is -1.49. The predicted molar refractivity (Wildman–Crippen MR) is 69.1 cm³/mol. The minimum absolute atomic E-state index is 0.0957. The lowest BCUT2D eigenvalue weighted by molar-refractivity contribution is -0.140. The maximum Gasteiger partial charge on any atom is 0.320 e. The Morgan fingerprint density at radius 3 is 2.44 bits per heavy atom. The van der Waals surface area contributed by atoms with Gasteiger partial charge in [0.15, 0.2) is 0 Å². The largest absolute Gasteiger partial charge is 0.480 e. The summed E-state index contributed by atoms with van der Waals surface area (Å²) in [5, 5.41) is 12.2. The summed E-state index contributed by atoms with van der Waals surface area (Å²) < 4.78 is 0. The molecule has 0 aliphatic carbocycles. The monoisotopic (exact) mass is 251 g/mol. The molecule has 18 heavy (non-hydrogen) atoms. The van der Waals surface area contributed by atoms with Crippen molar-refractivity contribution in [2.75, 3.05) is 0 Å². The lowest BCUT2D eigenvalue weighted by Gasteiger charge is -2.20. The Bertz CT molecular complexity index is 378. The number of nitrogens with one attached hydrogen (secondary N) is 1. The maximum absolute atomic E-state index is 11.1. The first kappa shape index (κ1) is 14.6. The Morgan fingerprint density at radius 1 is 1.39 bits per heavy atom. The predicted octanol–water partition coefficient (Wildman–Crippen LogP) is 1.63. The van der Waals surface area contributed by atoms with E-state index in [1.165, 1.54) is 0 Å². The van der Waals surface area contributed by atoms with Crippen molar-refractivity contribution in [2.45, 2.75) is 46.2 Å². The molecular formula is C13H21N3O2. The molecular weight excluding hydrogens is 230 g/mol. The van der Waals surface area contributed by atoms with Crippen LogP contribution in [0.3, 0.4) is 0 Å². The molecule has 5 heteroatoms. The summed E-state index contributed by atoms with van der Waals surface area (Å²) in [5.74, 6) is 0.0873. The van der Waals surface area contributed by atoms with Gasteiger partial charge < -0.3 is 5.11 Å². The lowest BCUT2D eigenvalue weighted by Crippen LogP contribution is -2.41. The molecule has 2 atom stereocenters. The third kappa shape index (κ3) is 4.07. The van der Waals surface area contributed by atoms with E-state index in [4.69, 9.17) is 5.11 Å². The zero-order valence-corrected chi connectivity index (χ0v) is 11.2. The van der Waals surface area contributed by atoms with E-state index in [2.05, 4.69) is 15.3 Å². The number of carboxylic acids is 1. The Morgan fingerprint density at radius 2 is 2.00 bits per heavy atom. The molecule has 0 saturated heterocycles. The van der Waals surface area contributed by atoms with E-state index in [0.717, 1.165) is 24.2 Å². The van der Waals surface area contributed by atoms with Gasteiger partial charge >= 0.3 is 5.97 Å². The molecule has 0 unspecified atom stereocenters. The molecule has 1 heterocycles. The van der Waals surface area contributed by atoms with Crippen LogP contribution in [-0.2, 0) is 17.8 Å². The molecule has 0 bridgehead atoms. The molecule has 5 nitrogen and oxygen atoms in total. The third-order valence-corrected chi connectivity index (χ3v) is 3.08. The number of hydrogen-bond donors (Lipinski definition) is 2.